The summed E-state index contributed by atoms with van der Waals surface area (Å²) in [6.45, 7) is 2.59. The number of aryl methyl sites for hydroxylation is 1. The Kier molecular flexibility index (Phi) is 5.21. The normalized spacial score (nSPS) is 18.1. The van der Waals surface area contributed by atoms with Crippen molar-refractivity contribution < 1.29 is 17.6 Å². The third-order valence-corrected chi connectivity index (χ3v) is 7.30. The van der Waals surface area contributed by atoms with Crippen molar-refractivity contribution in [1.29, 1.82) is 0 Å². The van der Waals surface area contributed by atoms with Crippen LogP contribution in [0.3, 0.4) is 0 Å². The molecule has 1 fully saturated rings. The first kappa shape index (κ1) is 18.0. The predicted molar refractivity (Wildman–Crippen MR) is 95.7 cm³/mol. The van der Waals surface area contributed by atoms with Crippen molar-refractivity contribution in [3.63, 3.8) is 0 Å². The molecule has 25 heavy (non-hydrogen) atoms. The molecule has 0 saturated carbocycles. The fraction of sp³-hybridized carbons (Fsp3) is 0.353. The first-order chi connectivity index (χ1) is 11.9. The maximum absolute atomic E-state index is 13.0. The van der Waals surface area contributed by atoms with Crippen molar-refractivity contribution in [1.82, 2.24) is 4.72 Å². The molecule has 1 aromatic carbocycles. The first-order valence-electron chi connectivity index (χ1n) is 8.03. The first-order valence-corrected chi connectivity index (χ1v) is 10.3. The van der Waals surface area contributed by atoms with Crippen LogP contribution in [-0.2, 0) is 21.2 Å². The van der Waals surface area contributed by atoms with Gasteiger partial charge in [0.15, 0.2) is 0 Å². The van der Waals surface area contributed by atoms with Gasteiger partial charge >= 0.3 is 0 Å². The van der Waals surface area contributed by atoms with Gasteiger partial charge in [0, 0.05) is 30.1 Å². The third kappa shape index (κ3) is 4.08. The topological polar surface area (TPSA) is 66.5 Å². The lowest BCUT2D eigenvalue weighted by Gasteiger charge is -2.17. The molecule has 1 atom stereocenters. The molecule has 1 aliphatic rings. The van der Waals surface area contributed by atoms with Crippen LogP contribution in [0.1, 0.15) is 18.2 Å². The van der Waals surface area contributed by atoms with Crippen LogP contribution in [0.15, 0.2) is 40.6 Å². The van der Waals surface area contributed by atoms with E-state index in [-0.39, 0.29) is 30.6 Å². The maximum atomic E-state index is 13.0. The van der Waals surface area contributed by atoms with Gasteiger partial charge in [-0.25, -0.2) is 17.5 Å². The number of hydrogen-bond donors (Lipinski definition) is 1. The van der Waals surface area contributed by atoms with Gasteiger partial charge in [0.1, 0.15) is 10.0 Å². The summed E-state index contributed by atoms with van der Waals surface area (Å²) in [4.78, 5) is 14.7. The van der Waals surface area contributed by atoms with E-state index in [1.54, 1.807) is 23.1 Å². The van der Waals surface area contributed by atoms with Crippen LogP contribution < -0.4 is 9.62 Å². The van der Waals surface area contributed by atoms with Crippen LogP contribution in [0, 0.1) is 11.7 Å². The molecule has 1 aromatic heterocycles. The summed E-state index contributed by atoms with van der Waals surface area (Å²) in [6, 6.07) is 9.14. The number of nitrogens with zero attached hydrogens (tertiary/aromatic N) is 1. The van der Waals surface area contributed by atoms with Gasteiger partial charge in [0.05, 0.1) is 0 Å². The van der Waals surface area contributed by atoms with Crippen LogP contribution in [0.25, 0.3) is 0 Å². The van der Waals surface area contributed by atoms with Crippen molar-refractivity contribution in [3.05, 3.63) is 47.1 Å². The Bertz CT molecular complexity index is 862. The Labute approximate surface area is 150 Å². The summed E-state index contributed by atoms with van der Waals surface area (Å²) in [5.41, 5.74) is 0.627. The molecule has 1 amide bonds. The molecule has 2 heterocycles. The van der Waals surface area contributed by atoms with E-state index in [1.165, 1.54) is 23.5 Å². The number of sulfonamides is 1. The van der Waals surface area contributed by atoms with E-state index in [0.717, 1.165) is 11.3 Å². The molecule has 0 aliphatic carbocycles. The zero-order valence-electron chi connectivity index (χ0n) is 13.7. The Hall–Kier alpha value is -1.77. The second-order valence-corrected chi connectivity index (χ2v) is 9.14. The molecule has 1 N–H and O–H groups in total. The molecule has 1 saturated heterocycles. The Morgan fingerprint density at radius 2 is 1.96 bits per heavy atom. The highest BCUT2D eigenvalue weighted by Crippen LogP contribution is 2.26. The monoisotopic (exact) mass is 382 g/mol. The number of rotatable bonds is 6. The molecule has 1 aliphatic heterocycles. The van der Waals surface area contributed by atoms with Gasteiger partial charge in [0.25, 0.3) is 0 Å². The quantitative estimate of drug-likeness (QED) is 0.835. The van der Waals surface area contributed by atoms with Crippen molar-refractivity contribution in [3.8, 4) is 0 Å². The molecular formula is C17H19FN2O3S2. The number of anilines is 1. The summed E-state index contributed by atoms with van der Waals surface area (Å²) in [5.74, 6) is -0.555. The predicted octanol–water partition coefficient (Wildman–Crippen LogP) is 2.78. The smallest absolute Gasteiger partial charge is 0.250 e. The lowest BCUT2D eigenvalue weighted by molar-refractivity contribution is -0.117. The number of carbonyl (C=O) groups excluding carboxylic acids is 1. The van der Waals surface area contributed by atoms with Gasteiger partial charge < -0.3 is 4.90 Å². The highest BCUT2D eigenvalue weighted by atomic mass is 32.2. The fourth-order valence-electron chi connectivity index (χ4n) is 2.78. The van der Waals surface area contributed by atoms with E-state index in [4.69, 9.17) is 0 Å². The molecule has 0 spiro atoms. The number of halogens is 1. The average Bonchev–Trinajstić information content (AvgIpc) is 3.21. The zero-order valence-corrected chi connectivity index (χ0v) is 15.4. The summed E-state index contributed by atoms with van der Waals surface area (Å²) in [7, 11) is -3.55. The number of hydrogen-bond acceptors (Lipinski definition) is 4. The molecule has 8 heteroatoms. The van der Waals surface area contributed by atoms with Gasteiger partial charge in [-0.1, -0.05) is 6.92 Å². The van der Waals surface area contributed by atoms with Crippen LogP contribution >= 0.6 is 11.3 Å². The number of carbonyl (C=O) groups is 1. The van der Waals surface area contributed by atoms with Crippen molar-refractivity contribution >= 4 is 33.0 Å². The lowest BCUT2D eigenvalue weighted by atomic mass is 10.1. The zero-order chi connectivity index (χ0) is 18.0. The summed E-state index contributed by atoms with van der Waals surface area (Å²) in [5, 5.41) is 0. The Balaban J connectivity index is 1.62. The minimum Gasteiger partial charge on any atom is -0.312 e. The molecule has 5 nitrogen and oxygen atoms in total. The van der Waals surface area contributed by atoms with Crippen molar-refractivity contribution in [2.24, 2.45) is 5.92 Å². The molecule has 0 radical (unpaired) electrons. The molecular weight excluding hydrogens is 363 g/mol. The SMILES string of the molecule is CCc1ccc(S(=O)(=O)NCC2CC(=O)N(c3ccc(F)cc3)C2)s1. The van der Waals surface area contributed by atoms with Gasteiger partial charge in [-0.2, -0.15) is 0 Å². The Morgan fingerprint density at radius 3 is 2.60 bits per heavy atom. The summed E-state index contributed by atoms with van der Waals surface area (Å²) >= 11 is 1.26. The van der Waals surface area contributed by atoms with Gasteiger partial charge in [0.2, 0.25) is 15.9 Å². The van der Waals surface area contributed by atoms with E-state index >= 15 is 0 Å². The van der Waals surface area contributed by atoms with Gasteiger partial charge in [-0.05, 0) is 48.7 Å². The van der Waals surface area contributed by atoms with Crippen molar-refractivity contribution in [2.75, 3.05) is 18.0 Å². The van der Waals surface area contributed by atoms with Crippen LogP contribution in [0.2, 0.25) is 0 Å². The second kappa shape index (κ2) is 7.23. The molecule has 134 valence electrons. The van der Waals surface area contributed by atoms with E-state index in [2.05, 4.69) is 4.72 Å². The average molecular weight is 382 g/mol. The number of benzene rings is 1. The minimum absolute atomic E-state index is 0.0831. The molecule has 1 unspecified atom stereocenters. The molecule has 2 aromatic rings. The largest absolute Gasteiger partial charge is 0.312 e. The Morgan fingerprint density at radius 1 is 1.24 bits per heavy atom. The highest BCUT2D eigenvalue weighted by molar-refractivity contribution is 7.91. The highest BCUT2D eigenvalue weighted by Gasteiger charge is 2.31. The maximum Gasteiger partial charge on any atom is 0.250 e. The summed E-state index contributed by atoms with van der Waals surface area (Å²) < 4.78 is 40.6. The second-order valence-electron chi connectivity index (χ2n) is 5.98. The number of nitrogens with one attached hydrogen (secondary N) is 1. The van der Waals surface area contributed by atoms with E-state index < -0.39 is 10.0 Å². The lowest BCUT2D eigenvalue weighted by Crippen LogP contribution is -2.31. The molecule has 3 rings (SSSR count). The van der Waals surface area contributed by atoms with Gasteiger partial charge in [-0.3, -0.25) is 4.79 Å². The van der Waals surface area contributed by atoms with Crippen molar-refractivity contribution in [2.45, 2.75) is 24.0 Å². The van der Waals surface area contributed by atoms with Crippen LogP contribution in [-0.4, -0.2) is 27.4 Å². The van der Waals surface area contributed by atoms with Crippen LogP contribution in [0.5, 0.6) is 0 Å². The number of amides is 1. The molecule has 0 bridgehead atoms. The third-order valence-electron chi connectivity index (χ3n) is 4.16. The standard InChI is InChI=1S/C17H19FN2O3S2/c1-2-15-7-8-17(24-15)25(22,23)19-10-12-9-16(21)20(11-12)14-5-3-13(18)4-6-14/h3-8,12,19H,2,9-11H2,1H3. The number of thiophene rings is 1. The van der Waals surface area contributed by atoms with E-state index in [1.807, 2.05) is 13.0 Å². The van der Waals surface area contributed by atoms with Gasteiger partial charge in [-0.15, -0.1) is 11.3 Å². The van der Waals surface area contributed by atoms with E-state index in [9.17, 15) is 17.6 Å². The minimum atomic E-state index is -3.55. The summed E-state index contributed by atoms with van der Waals surface area (Å²) in [6.07, 6.45) is 1.06. The van der Waals surface area contributed by atoms with Crippen LogP contribution in [0.4, 0.5) is 10.1 Å². The fourth-order valence-corrected chi connectivity index (χ4v) is 5.24. The van der Waals surface area contributed by atoms with E-state index in [0.29, 0.717) is 16.4 Å².